The van der Waals surface area contributed by atoms with Crippen molar-refractivity contribution in [2.24, 2.45) is 5.92 Å². The molecule has 1 aromatic heterocycles. The molecule has 1 aliphatic carbocycles. The zero-order valence-corrected chi connectivity index (χ0v) is 17.4. The van der Waals surface area contributed by atoms with Crippen LogP contribution in [0.1, 0.15) is 31.2 Å². The van der Waals surface area contributed by atoms with E-state index in [9.17, 15) is 22.8 Å². The lowest BCUT2D eigenvalue weighted by Crippen LogP contribution is -2.33. The molecular formula is C23H22F3N3O3. The summed E-state index contributed by atoms with van der Waals surface area (Å²) < 4.78 is 48.8. The quantitative estimate of drug-likeness (QED) is 0.652. The van der Waals surface area contributed by atoms with E-state index in [1.54, 1.807) is 25.2 Å². The number of carbonyl (C=O) groups is 1. The maximum Gasteiger partial charge on any atom is 0.280 e. The fraction of sp³-hybridized carbons (Fsp3) is 0.348. The van der Waals surface area contributed by atoms with Gasteiger partial charge in [0.1, 0.15) is 23.2 Å². The number of amides is 1. The number of fused-ring (bicyclic) bond motifs is 1. The van der Waals surface area contributed by atoms with Crippen LogP contribution in [0, 0.1) is 23.4 Å². The Labute approximate surface area is 182 Å². The van der Waals surface area contributed by atoms with Crippen LogP contribution in [-0.4, -0.2) is 28.6 Å². The number of rotatable bonds is 5. The summed E-state index contributed by atoms with van der Waals surface area (Å²) in [6, 6.07) is 6.09. The van der Waals surface area contributed by atoms with Gasteiger partial charge in [0.25, 0.3) is 5.56 Å². The second kappa shape index (κ2) is 9.02. The maximum atomic E-state index is 14.1. The fourth-order valence-corrected chi connectivity index (χ4v) is 4.12. The standard InChI is InChI=1S/C23H22F3N3O3/c1-27-22(30)13-2-4-15(5-3-13)32-16-6-7-21-17(10-16)23(31)28-12-29(21)11-18-19(25)8-14(24)9-20(18)26/h6-10,12-13,15H,2-5,11H2,1H3,(H,27,30). The molecule has 168 valence electrons. The monoisotopic (exact) mass is 445 g/mol. The maximum absolute atomic E-state index is 14.1. The summed E-state index contributed by atoms with van der Waals surface area (Å²) >= 11 is 0. The molecule has 1 aliphatic rings. The zero-order chi connectivity index (χ0) is 22.8. The summed E-state index contributed by atoms with van der Waals surface area (Å²) in [6.07, 6.45) is 4.01. The van der Waals surface area contributed by atoms with Gasteiger partial charge in [-0.15, -0.1) is 0 Å². The molecule has 0 bridgehead atoms. The van der Waals surface area contributed by atoms with Crippen molar-refractivity contribution in [1.82, 2.24) is 14.9 Å². The van der Waals surface area contributed by atoms with Crippen LogP contribution in [-0.2, 0) is 11.3 Å². The lowest BCUT2D eigenvalue weighted by atomic mass is 9.87. The third-order valence-corrected chi connectivity index (χ3v) is 5.85. The van der Waals surface area contributed by atoms with Gasteiger partial charge in [-0.2, -0.15) is 4.98 Å². The zero-order valence-electron chi connectivity index (χ0n) is 17.4. The van der Waals surface area contributed by atoms with E-state index in [1.165, 1.54) is 10.9 Å². The largest absolute Gasteiger partial charge is 0.490 e. The molecule has 1 heterocycles. The van der Waals surface area contributed by atoms with E-state index in [4.69, 9.17) is 4.74 Å². The van der Waals surface area contributed by atoms with Gasteiger partial charge in [-0.3, -0.25) is 9.59 Å². The van der Waals surface area contributed by atoms with Crippen LogP contribution in [0.3, 0.4) is 0 Å². The van der Waals surface area contributed by atoms with Gasteiger partial charge in [0.05, 0.1) is 29.9 Å². The highest BCUT2D eigenvalue weighted by atomic mass is 19.1. The fourth-order valence-electron chi connectivity index (χ4n) is 4.12. The summed E-state index contributed by atoms with van der Waals surface area (Å²) in [5.41, 5.74) is -0.403. The van der Waals surface area contributed by atoms with Crippen LogP contribution in [0.15, 0.2) is 41.5 Å². The lowest BCUT2D eigenvalue weighted by Gasteiger charge is -2.28. The van der Waals surface area contributed by atoms with Crippen molar-refractivity contribution in [1.29, 1.82) is 0 Å². The number of hydrogen-bond acceptors (Lipinski definition) is 4. The first-order chi connectivity index (χ1) is 15.4. The van der Waals surface area contributed by atoms with Crippen molar-refractivity contribution in [3.8, 4) is 5.75 Å². The van der Waals surface area contributed by atoms with Crippen LogP contribution in [0.25, 0.3) is 10.9 Å². The van der Waals surface area contributed by atoms with Crippen LogP contribution in [0.2, 0.25) is 0 Å². The average Bonchev–Trinajstić information content (AvgIpc) is 2.77. The molecule has 0 unspecified atom stereocenters. The molecule has 1 fully saturated rings. The van der Waals surface area contributed by atoms with Gasteiger partial charge in [-0.05, 0) is 43.9 Å². The Kier molecular flexibility index (Phi) is 6.16. The lowest BCUT2D eigenvalue weighted by molar-refractivity contribution is -0.125. The van der Waals surface area contributed by atoms with Gasteiger partial charge in [0.15, 0.2) is 0 Å². The highest BCUT2D eigenvalue weighted by Crippen LogP contribution is 2.29. The Morgan fingerprint density at radius 1 is 1.12 bits per heavy atom. The van der Waals surface area contributed by atoms with Crippen molar-refractivity contribution in [2.75, 3.05) is 7.05 Å². The third kappa shape index (κ3) is 4.46. The van der Waals surface area contributed by atoms with Crippen LogP contribution in [0.4, 0.5) is 13.2 Å². The van der Waals surface area contributed by atoms with E-state index < -0.39 is 23.0 Å². The Bertz CT molecular complexity index is 1200. The number of aromatic nitrogens is 2. The van der Waals surface area contributed by atoms with Crippen molar-refractivity contribution in [3.63, 3.8) is 0 Å². The SMILES string of the molecule is CNC(=O)C1CCC(Oc2ccc3c(c2)c(=O)ncn3Cc2c(F)cc(F)cc2F)CC1. The highest BCUT2D eigenvalue weighted by molar-refractivity contribution is 5.80. The summed E-state index contributed by atoms with van der Waals surface area (Å²) in [5, 5.41) is 2.91. The summed E-state index contributed by atoms with van der Waals surface area (Å²) in [6.45, 7) is -0.258. The molecule has 0 aliphatic heterocycles. The number of halogens is 3. The van der Waals surface area contributed by atoms with E-state index in [2.05, 4.69) is 10.3 Å². The topological polar surface area (TPSA) is 73.2 Å². The van der Waals surface area contributed by atoms with E-state index in [1.807, 2.05) is 0 Å². The van der Waals surface area contributed by atoms with Crippen molar-refractivity contribution in [3.05, 3.63) is 70.0 Å². The molecule has 1 amide bonds. The summed E-state index contributed by atoms with van der Waals surface area (Å²) in [7, 11) is 1.62. The number of ether oxygens (including phenoxy) is 1. The molecule has 6 nitrogen and oxygen atoms in total. The first kappa shape index (κ1) is 21.9. The Morgan fingerprint density at radius 3 is 2.47 bits per heavy atom. The minimum atomic E-state index is -1.01. The number of carbonyl (C=O) groups excluding carboxylic acids is 1. The van der Waals surface area contributed by atoms with Crippen molar-refractivity contribution in [2.45, 2.75) is 38.3 Å². The molecule has 1 saturated carbocycles. The molecule has 9 heteroatoms. The van der Waals surface area contributed by atoms with Gasteiger partial charge in [-0.1, -0.05) is 0 Å². The van der Waals surface area contributed by atoms with Crippen LogP contribution >= 0.6 is 0 Å². The number of hydrogen-bond donors (Lipinski definition) is 1. The minimum absolute atomic E-state index is 0.0138. The van der Waals surface area contributed by atoms with E-state index in [-0.39, 0.29) is 35.4 Å². The second-order valence-corrected chi connectivity index (χ2v) is 7.91. The van der Waals surface area contributed by atoms with Gasteiger partial charge in [0, 0.05) is 30.7 Å². The summed E-state index contributed by atoms with van der Waals surface area (Å²) in [4.78, 5) is 27.9. The first-order valence-corrected chi connectivity index (χ1v) is 10.4. The highest BCUT2D eigenvalue weighted by Gasteiger charge is 2.26. The number of benzene rings is 2. The minimum Gasteiger partial charge on any atom is -0.490 e. The van der Waals surface area contributed by atoms with Crippen molar-refractivity contribution >= 4 is 16.8 Å². The predicted molar refractivity (Wildman–Crippen MR) is 112 cm³/mol. The molecular weight excluding hydrogens is 423 g/mol. The number of nitrogens with zero attached hydrogens (tertiary/aromatic N) is 2. The molecule has 2 aromatic carbocycles. The molecule has 0 radical (unpaired) electrons. The summed E-state index contributed by atoms with van der Waals surface area (Å²) in [5.74, 6) is -2.52. The Hall–Kier alpha value is -3.36. The predicted octanol–water partition coefficient (Wildman–Crippen LogP) is 3.55. The Morgan fingerprint density at radius 2 is 1.81 bits per heavy atom. The molecule has 0 atom stereocenters. The van der Waals surface area contributed by atoms with Gasteiger partial charge >= 0.3 is 0 Å². The van der Waals surface area contributed by atoms with Gasteiger partial charge in [-0.25, -0.2) is 13.2 Å². The van der Waals surface area contributed by atoms with E-state index >= 15 is 0 Å². The Balaban J connectivity index is 1.56. The van der Waals surface area contributed by atoms with Crippen molar-refractivity contribution < 1.29 is 22.7 Å². The first-order valence-electron chi connectivity index (χ1n) is 10.4. The smallest absolute Gasteiger partial charge is 0.280 e. The average molecular weight is 445 g/mol. The molecule has 3 aromatic rings. The number of nitrogens with one attached hydrogen (secondary N) is 1. The molecule has 4 rings (SSSR count). The van der Waals surface area contributed by atoms with Gasteiger partial charge in [0.2, 0.25) is 5.91 Å². The second-order valence-electron chi connectivity index (χ2n) is 7.91. The van der Waals surface area contributed by atoms with Crippen LogP contribution < -0.4 is 15.6 Å². The molecule has 32 heavy (non-hydrogen) atoms. The normalized spacial score (nSPS) is 18.5. The molecule has 0 saturated heterocycles. The van der Waals surface area contributed by atoms with E-state index in [0.29, 0.717) is 23.4 Å². The van der Waals surface area contributed by atoms with Crippen LogP contribution in [0.5, 0.6) is 5.75 Å². The molecule has 1 N–H and O–H groups in total. The van der Waals surface area contributed by atoms with Gasteiger partial charge < -0.3 is 14.6 Å². The third-order valence-electron chi connectivity index (χ3n) is 5.85. The van der Waals surface area contributed by atoms with E-state index in [0.717, 1.165) is 25.7 Å². The molecule has 0 spiro atoms.